The number of benzene rings is 1. The smallest absolute Gasteiger partial charge is 0.252 e. The third-order valence-corrected chi connectivity index (χ3v) is 7.26. The van der Waals surface area contributed by atoms with Crippen LogP contribution in [0, 0.1) is 6.92 Å². The predicted molar refractivity (Wildman–Crippen MR) is 121 cm³/mol. The zero-order valence-corrected chi connectivity index (χ0v) is 18.4. The summed E-state index contributed by atoms with van der Waals surface area (Å²) in [6.45, 7) is 3.73. The molecule has 158 valence electrons. The lowest BCUT2D eigenvalue weighted by Gasteiger charge is -2.33. The number of fused-ring (bicyclic) bond motifs is 1. The van der Waals surface area contributed by atoms with Crippen LogP contribution in [0.1, 0.15) is 51.1 Å². The minimum Gasteiger partial charge on any atom is -0.348 e. The van der Waals surface area contributed by atoms with Gasteiger partial charge in [0.15, 0.2) is 0 Å². The maximum atomic E-state index is 13.4. The standard InChI is InChI=1S/C25H25N3O2S/c1-17-22(14-27-23(29)18-8-12-31-16-18)21-7-11-28(15-19(21)13-26-17)24(30)25(9-10-25)20-5-3-2-4-6-20/h2-6,8,12-13,16H,7,9-11,14-15H2,1H3,(H,27,29). The van der Waals surface area contributed by atoms with E-state index in [1.54, 1.807) is 0 Å². The lowest BCUT2D eigenvalue weighted by atomic mass is 9.91. The van der Waals surface area contributed by atoms with Crippen molar-refractivity contribution in [3.63, 3.8) is 0 Å². The fourth-order valence-corrected chi connectivity index (χ4v) is 5.24. The summed E-state index contributed by atoms with van der Waals surface area (Å²) in [5.74, 6) is 0.168. The van der Waals surface area contributed by atoms with E-state index >= 15 is 0 Å². The number of aryl methyl sites for hydroxylation is 1. The van der Waals surface area contributed by atoms with Gasteiger partial charge in [0, 0.05) is 42.5 Å². The number of hydrogen-bond acceptors (Lipinski definition) is 4. The molecule has 1 fully saturated rings. The lowest BCUT2D eigenvalue weighted by molar-refractivity contribution is -0.134. The third kappa shape index (κ3) is 3.65. The Morgan fingerprint density at radius 3 is 2.71 bits per heavy atom. The first-order valence-electron chi connectivity index (χ1n) is 10.7. The zero-order valence-electron chi connectivity index (χ0n) is 17.6. The van der Waals surface area contributed by atoms with E-state index in [-0.39, 0.29) is 17.2 Å². The van der Waals surface area contributed by atoms with E-state index in [1.807, 2.05) is 53.0 Å². The molecule has 1 aromatic carbocycles. The van der Waals surface area contributed by atoms with Crippen LogP contribution in [0.25, 0.3) is 0 Å². The van der Waals surface area contributed by atoms with Crippen molar-refractivity contribution < 1.29 is 9.59 Å². The molecule has 5 rings (SSSR count). The summed E-state index contributed by atoms with van der Waals surface area (Å²) < 4.78 is 0. The second-order valence-corrected chi connectivity index (χ2v) is 9.23. The van der Waals surface area contributed by atoms with Crippen molar-refractivity contribution in [2.24, 2.45) is 0 Å². The molecule has 1 aliphatic heterocycles. The molecule has 0 bridgehead atoms. The minimum atomic E-state index is -0.339. The van der Waals surface area contributed by atoms with Gasteiger partial charge < -0.3 is 10.2 Å². The summed E-state index contributed by atoms with van der Waals surface area (Å²) in [6, 6.07) is 12.0. The number of rotatable bonds is 5. The van der Waals surface area contributed by atoms with Crippen LogP contribution in [0.4, 0.5) is 0 Å². The van der Waals surface area contributed by atoms with Gasteiger partial charge in [-0.3, -0.25) is 14.6 Å². The van der Waals surface area contributed by atoms with Crippen LogP contribution in [0.15, 0.2) is 53.4 Å². The molecule has 5 nitrogen and oxygen atoms in total. The molecule has 6 heteroatoms. The summed E-state index contributed by atoms with van der Waals surface area (Å²) >= 11 is 1.51. The average molecular weight is 432 g/mol. The van der Waals surface area contributed by atoms with Gasteiger partial charge in [-0.05, 0) is 59.9 Å². The Balaban J connectivity index is 1.33. The summed E-state index contributed by atoms with van der Waals surface area (Å²) in [6.07, 6.45) is 4.53. The molecule has 3 aromatic rings. The highest BCUT2D eigenvalue weighted by molar-refractivity contribution is 7.08. The molecule has 0 unspecified atom stereocenters. The number of carbonyl (C=O) groups excluding carboxylic acids is 2. The molecule has 31 heavy (non-hydrogen) atoms. The fraction of sp³-hybridized carbons (Fsp3) is 0.320. The Labute approximate surface area is 186 Å². The lowest BCUT2D eigenvalue weighted by Crippen LogP contribution is -2.42. The predicted octanol–water partition coefficient (Wildman–Crippen LogP) is 4.00. The van der Waals surface area contributed by atoms with Crippen LogP contribution in [0.5, 0.6) is 0 Å². The van der Waals surface area contributed by atoms with Crippen LogP contribution in [-0.2, 0) is 29.7 Å². The molecule has 0 spiro atoms. The van der Waals surface area contributed by atoms with Crippen molar-refractivity contribution in [3.05, 3.63) is 86.9 Å². The Bertz CT molecular complexity index is 1120. The third-order valence-electron chi connectivity index (χ3n) is 6.58. The molecule has 1 saturated carbocycles. The molecule has 0 saturated heterocycles. The Morgan fingerprint density at radius 2 is 2.00 bits per heavy atom. The molecule has 0 atom stereocenters. The second-order valence-electron chi connectivity index (χ2n) is 8.45. The number of thiophene rings is 1. The van der Waals surface area contributed by atoms with Gasteiger partial charge in [0.1, 0.15) is 0 Å². The van der Waals surface area contributed by atoms with E-state index in [9.17, 15) is 9.59 Å². The van der Waals surface area contributed by atoms with Crippen molar-refractivity contribution in [3.8, 4) is 0 Å². The van der Waals surface area contributed by atoms with E-state index < -0.39 is 0 Å². The molecule has 3 heterocycles. The monoisotopic (exact) mass is 431 g/mol. The normalized spacial score (nSPS) is 16.5. The van der Waals surface area contributed by atoms with Crippen molar-refractivity contribution in [2.75, 3.05) is 6.54 Å². The number of nitrogens with zero attached hydrogens (tertiary/aromatic N) is 2. The van der Waals surface area contributed by atoms with Gasteiger partial charge in [-0.25, -0.2) is 0 Å². The molecular formula is C25H25N3O2S. The van der Waals surface area contributed by atoms with E-state index in [1.165, 1.54) is 16.9 Å². The van der Waals surface area contributed by atoms with Crippen molar-refractivity contribution in [1.82, 2.24) is 15.2 Å². The summed E-state index contributed by atoms with van der Waals surface area (Å²) in [5, 5.41) is 6.78. The van der Waals surface area contributed by atoms with Gasteiger partial charge in [-0.1, -0.05) is 30.3 Å². The van der Waals surface area contributed by atoms with Crippen LogP contribution < -0.4 is 5.32 Å². The molecule has 2 aliphatic rings. The van der Waals surface area contributed by atoms with Crippen LogP contribution >= 0.6 is 11.3 Å². The van der Waals surface area contributed by atoms with Gasteiger partial charge in [-0.15, -0.1) is 0 Å². The first-order valence-corrected chi connectivity index (χ1v) is 11.6. The Morgan fingerprint density at radius 1 is 1.19 bits per heavy atom. The number of carbonyl (C=O) groups is 2. The summed E-state index contributed by atoms with van der Waals surface area (Å²) in [4.78, 5) is 32.4. The van der Waals surface area contributed by atoms with Crippen molar-refractivity contribution in [2.45, 2.75) is 44.7 Å². The van der Waals surface area contributed by atoms with Gasteiger partial charge in [0.25, 0.3) is 5.91 Å². The first kappa shape index (κ1) is 19.9. The van der Waals surface area contributed by atoms with Gasteiger partial charge >= 0.3 is 0 Å². The first-order chi connectivity index (χ1) is 15.1. The van der Waals surface area contributed by atoms with Gasteiger partial charge in [0.2, 0.25) is 5.91 Å². The molecule has 1 N–H and O–H groups in total. The average Bonchev–Trinajstić information content (AvgIpc) is 3.43. The molecular weight excluding hydrogens is 406 g/mol. The fourth-order valence-electron chi connectivity index (χ4n) is 4.61. The molecule has 1 aliphatic carbocycles. The Kier molecular flexibility index (Phi) is 5.10. The topological polar surface area (TPSA) is 62.3 Å². The van der Waals surface area contributed by atoms with E-state index in [4.69, 9.17) is 0 Å². The highest BCUT2D eigenvalue weighted by Gasteiger charge is 2.53. The largest absolute Gasteiger partial charge is 0.348 e. The minimum absolute atomic E-state index is 0.0654. The number of amides is 2. The zero-order chi connectivity index (χ0) is 21.4. The quantitative estimate of drug-likeness (QED) is 0.664. The molecule has 2 amide bonds. The highest BCUT2D eigenvalue weighted by atomic mass is 32.1. The Hall–Kier alpha value is -2.99. The van der Waals surface area contributed by atoms with Gasteiger partial charge in [0.05, 0.1) is 5.41 Å². The summed E-state index contributed by atoms with van der Waals surface area (Å²) in [7, 11) is 0. The number of hydrogen-bond donors (Lipinski definition) is 1. The van der Waals surface area contributed by atoms with E-state index in [0.29, 0.717) is 25.2 Å². The highest BCUT2D eigenvalue weighted by Crippen LogP contribution is 2.50. The molecule has 2 aromatic heterocycles. The number of nitrogens with one attached hydrogen (secondary N) is 1. The number of pyridine rings is 1. The van der Waals surface area contributed by atoms with Crippen LogP contribution in [0.3, 0.4) is 0 Å². The molecule has 0 radical (unpaired) electrons. The van der Waals surface area contributed by atoms with E-state index in [0.717, 1.165) is 41.6 Å². The van der Waals surface area contributed by atoms with Crippen molar-refractivity contribution in [1.29, 1.82) is 0 Å². The second kappa shape index (κ2) is 7.93. The van der Waals surface area contributed by atoms with Crippen molar-refractivity contribution >= 4 is 23.2 Å². The SMILES string of the molecule is Cc1ncc2c(c1CNC(=O)c1ccsc1)CCN(C(=O)C1(c3ccccc3)CC1)C2. The maximum absolute atomic E-state index is 13.4. The summed E-state index contributed by atoms with van der Waals surface area (Å²) in [5.41, 5.74) is 5.82. The van der Waals surface area contributed by atoms with Crippen LogP contribution in [0.2, 0.25) is 0 Å². The van der Waals surface area contributed by atoms with Crippen LogP contribution in [-0.4, -0.2) is 28.2 Å². The van der Waals surface area contributed by atoms with E-state index in [2.05, 4.69) is 22.4 Å². The number of aromatic nitrogens is 1. The van der Waals surface area contributed by atoms with Gasteiger partial charge in [-0.2, -0.15) is 11.3 Å². The maximum Gasteiger partial charge on any atom is 0.252 e.